The van der Waals surface area contributed by atoms with Crippen LogP contribution in [0.1, 0.15) is 55.6 Å². The highest BCUT2D eigenvalue weighted by molar-refractivity contribution is 8.13. The second-order valence-corrected chi connectivity index (χ2v) is 8.80. The topological polar surface area (TPSA) is 68.2 Å². The molecule has 1 amide bonds. The van der Waals surface area contributed by atoms with Crippen molar-refractivity contribution in [2.45, 2.75) is 56.0 Å². The maximum atomic E-state index is 12.4. The monoisotopic (exact) mass is 330 g/mol. The number of halogens is 1. The fourth-order valence-corrected chi connectivity index (χ4v) is 3.76. The minimum atomic E-state index is -3.81. The van der Waals surface area contributed by atoms with Gasteiger partial charge in [-0.25, -0.2) is 8.42 Å². The standard InChI is InChI=1S/C14H19ClN2O3S/c1-9-5-10(6-9)16-14(18)13-7-12(21(15,19)20)8-17(13)11-3-2-4-11/h7-11H,2-6H2,1H3,(H,16,18). The van der Waals surface area contributed by atoms with Gasteiger partial charge in [0.05, 0.1) is 0 Å². The molecule has 1 N–H and O–H groups in total. The molecule has 7 heteroatoms. The van der Waals surface area contributed by atoms with Crippen LogP contribution in [0.5, 0.6) is 0 Å². The first-order valence-electron chi connectivity index (χ1n) is 7.32. The summed E-state index contributed by atoms with van der Waals surface area (Å²) in [5.74, 6) is 0.442. The molecule has 0 bridgehead atoms. The molecule has 116 valence electrons. The van der Waals surface area contributed by atoms with E-state index in [4.69, 9.17) is 10.7 Å². The highest BCUT2D eigenvalue weighted by Gasteiger charge is 2.31. The Morgan fingerprint density at radius 2 is 2.05 bits per heavy atom. The lowest BCUT2D eigenvalue weighted by Crippen LogP contribution is -2.44. The number of amides is 1. The SMILES string of the molecule is CC1CC(NC(=O)c2cc(S(=O)(=O)Cl)cn2C2CCC2)C1. The zero-order valence-electron chi connectivity index (χ0n) is 11.9. The fraction of sp³-hybridized carbons (Fsp3) is 0.643. The summed E-state index contributed by atoms with van der Waals surface area (Å²) in [4.78, 5) is 12.4. The van der Waals surface area contributed by atoms with E-state index in [9.17, 15) is 13.2 Å². The summed E-state index contributed by atoms with van der Waals surface area (Å²) in [5.41, 5.74) is 0.401. The highest BCUT2D eigenvalue weighted by atomic mass is 35.7. The van der Waals surface area contributed by atoms with Gasteiger partial charge in [-0.1, -0.05) is 6.92 Å². The Morgan fingerprint density at radius 3 is 2.52 bits per heavy atom. The van der Waals surface area contributed by atoms with E-state index in [1.807, 2.05) is 0 Å². The zero-order chi connectivity index (χ0) is 15.2. The molecule has 0 unspecified atom stereocenters. The molecule has 21 heavy (non-hydrogen) atoms. The summed E-state index contributed by atoms with van der Waals surface area (Å²) in [6.45, 7) is 2.15. The zero-order valence-corrected chi connectivity index (χ0v) is 13.5. The summed E-state index contributed by atoms with van der Waals surface area (Å²) in [6.07, 6.45) is 6.50. The van der Waals surface area contributed by atoms with Gasteiger partial charge in [-0.15, -0.1) is 0 Å². The first kappa shape index (κ1) is 14.9. The maximum Gasteiger partial charge on any atom is 0.268 e. The molecular weight excluding hydrogens is 312 g/mol. The average Bonchev–Trinajstić information content (AvgIpc) is 2.69. The molecular formula is C14H19ClN2O3S. The molecule has 0 aliphatic heterocycles. The van der Waals surface area contributed by atoms with Crippen molar-refractivity contribution in [2.24, 2.45) is 5.92 Å². The molecule has 2 aliphatic rings. The minimum Gasteiger partial charge on any atom is -0.348 e. The Hall–Kier alpha value is -1.01. The molecule has 0 aromatic carbocycles. The maximum absolute atomic E-state index is 12.4. The largest absolute Gasteiger partial charge is 0.348 e. The number of carbonyl (C=O) groups excluding carboxylic acids is 1. The lowest BCUT2D eigenvalue weighted by Gasteiger charge is -2.34. The predicted molar refractivity (Wildman–Crippen MR) is 80.0 cm³/mol. The Morgan fingerprint density at radius 1 is 1.38 bits per heavy atom. The van der Waals surface area contributed by atoms with Gasteiger partial charge in [0, 0.05) is 29.0 Å². The fourth-order valence-electron chi connectivity index (χ4n) is 3.02. The molecule has 0 radical (unpaired) electrons. The molecule has 2 fully saturated rings. The number of rotatable bonds is 4. The molecule has 1 aromatic rings. The normalized spacial score (nSPS) is 26.0. The van der Waals surface area contributed by atoms with Gasteiger partial charge in [-0.05, 0) is 44.1 Å². The molecule has 0 saturated heterocycles. The van der Waals surface area contributed by atoms with Crippen molar-refractivity contribution in [2.75, 3.05) is 0 Å². The van der Waals surface area contributed by atoms with E-state index in [1.165, 1.54) is 12.3 Å². The van der Waals surface area contributed by atoms with Crippen molar-refractivity contribution >= 4 is 25.6 Å². The first-order chi connectivity index (χ1) is 9.84. The molecule has 2 saturated carbocycles. The molecule has 0 atom stereocenters. The number of carbonyl (C=O) groups is 1. The summed E-state index contributed by atoms with van der Waals surface area (Å²) >= 11 is 0. The van der Waals surface area contributed by atoms with E-state index in [2.05, 4.69) is 12.2 Å². The van der Waals surface area contributed by atoms with Gasteiger partial charge in [-0.3, -0.25) is 4.79 Å². The van der Waals surface area contributed by atoms with E-state index in [1.54, 1.807) is 4.57 Å². The Balaban J connectivity index is 1.84. The summed E-state index contributed by atoms with van der Waals surface area (Å²) in [7, 11) is 1.59. The first-order valence-corrected chi connectivity index (χ1v) is 9.63. The van der Waals surface area contributed by atoms with E-state index in [-0.39, 0.29) is 22.9 Å². The van der Waals surface area contributed by atoms with Crippen LogP contribution in [0.2, 0.25) is 0 Å². The van der Waals surface area contributed by atoms with E-state index < -0.39 is 9.05 Å². The summed E-state index contributed by atoms with van der Waals surface area (Å²) < 4.78 is 24.8. The second-order valence-electron chi connectivity index (χ2n) is 6.24. The van der Waals surface area contributed by atoms with Crippen molar-refractivity contribution in [3.8, 4) is 0 Å². The smallest absolute Gasteiger partial charge is 0.268 e. The summed E-state index contributed by atoms with van der Waals surface area (Å²) in [6, 6.07) is 1.80. The second kappa shape index (κ2) is 5.32. The van der Waals surface area contributed by atoms with Crippen LogP contribution in [-0.2, 0) is 9.05 Å². The van der Waals surface area contributed by atoms with Crippen LogP contribution in [-0.4, -0.2) is 24.9 Å². The minimum absolute atomic E-state index is 0.00296. The molecule has 2 aliphatic carbocycles. The lowest BCUT2D eigenvalue weighted by molar-refractivity contribution is 0.0880. The van der Waals surface area contributed by atoms with Crippen LogP contribution in [0.15, 0.2) is 17.2 Å². The van der Waals surface area contributed by atoms with Gasteiger partial charge in [0.1, 0.15) is 10.6 Å². The van der Waals surface area contributed by atoms with Gasteiger partial charge in [0.15, 0.2) is 0 Å². The molecule has 1 aromatic heterocycles. The molecule has 1 heterocycles. The Labute approximate surface area is 129 Å². The van der Waals surface area contributed by atoms with Crippen LogP contribution in [0.3, 0.4) is 0 Å². The van der Waals surface area contributed by atoms with Crippen molar-refractivity contribution in [3.63, 3.8) is 0 Å². The molecule has 5 nitrogen and oxygen atoms in total. The Kier molecular flexibility index (Phi) is 3.78. The number of hydrogen-bond acceptors (Lipinski definition) is 3. The van der Waals surface area contributed by atoms with Crippen LogP contribution in [0, 0.1) is 5.92 Å². The quantitative estimate of drug-likeness (QED) is 0.863. The molecule has 0 spiro atoms. The van der Waals surface area contributed by atoms with Crippen molar-refractivity contribution in [3.05, 3.63) is 18.0 Å². The van der Waals surface area contributed by atoms with Gasteiger partial charge < -0.3 is 9.88 Å². The predicted octanol–water partition coefficient (Wildman–Crippen LogP) is 2.67. The van der Waals surface area contributed by atoms with Crippen molar-refractivity contribution in [1.82, 2.24) is 9.88 Å². The summed E-state index contributed by atoms with van der Waals surface area (Å²) in [5, 5.41) is 2.97. The van der Waals surface area contributed by atoms with Gasteiger partial charge in [-0.2, -0.15) is 0 Å². The van der Waals surface area contributed by atoms with E-state index >= 15 is 0 Å². The van der Waals surface area contributed by atoms with Crippen molar-refractivity contribution < 1.29 is 13.2 Å². The van der Waals surface area contributed by atoms with Crippen LogP contribution in [0.4, 0.5) is 0 Å². The third-order valence-electron chi connectivity index (χ3n) is 4.51. The Bertz CT molecular complexity index is 658. The van der Waals surface area contributed by atoms with Gasteiger partial charge in [0.2, 0.25) is 0 Å². The number of aromatic nitrogens is 1. The number of hydrogen-bond donors (Lipinski definition) is 1. The molecule has 3 rings (SSSR count). The van der Waals surface area contributed by atoms with Crippen LogP contribution in [0.25, 0.3) is 0 Å². The van der Waals surface area contributed by atoms with Crippen molar-refractivity contribution in [1.29, 1.82) is 0 Å². The van der Waals surface area contributed by atoms with Gasteiger partial charge in [0.25, 0.3) is 15.0 Å². The average molecular weight is 331 g/mol. The third kappa shape index (κ3) is 2.97. The lowest BCUT2D eigenvalue weighted by atomic mass is 9.82. The number of nitrogens with one attached hydrogen (secondary N) is 1. The van der Waals surface area contributed by atoms with Crippen LogP contribution >= 0.6 is 10.7 Å². The third-order valence-corrected chi connectivity index (χ3v) is 5.84. The van der Waals surface area contributed by atoms with E-state index in [0.717, 1.165) is 32.1 Å². The highest BCUT2D eigenvalue weighted by Crippen LogP contribution is 2.35. The van der Waals surface area contributed by atoms with E-state index in [0.29, 0.717) is 11.6 Å². The number of nitrogens with zero attached hydrogens (tertiary/aromatic N) is 1. The van der Waals surface area contributed by atoms with Crippen LogP contribution < -0.4 is 5.32 Å². The van der Waals surface area contributed by atoms with Gasteiger partial charge >= 0.3 is 0 Å².